The molecule has 0 bridgehead atoms. The van der Waals surface area contributed by atoms with Gasteiger partial charge in [0.1, 0.15) is 12.4 Å². The van der Waals surface area contributed by atoms with Crippen LogP contribution >= 0.6 is 0 Å². The summed E-state index contributed by atoms with van der Waals surface area (Å²) in [6, 6.07) is 0.683. The molecule has 0 aromatic carbocycles. The SMILES string of the molecule is C[C@@H](C(=O)O)n1ccc2c(cnc3ncnn32)c1=O. The van der Waals surface area contributed by atoms with Crippen molar-refractivity contribution in [3.63, 3.8) is 0 Å². The van der Waals surface area contributed by atoms with E-state index in [1.807, 2.05) is 0 Å². The van der Waals surface area contributed by atoms with Crippen molar-refractivity contribution in [3.8, 4) is 0 Å². The van der Waals surface area contributed by atoms with Crippen LogP contribution in [0.4, 0.5) is 0 Å². The van der Waals surface area contributed by atoms with Gasteiger partial charge in [-0.2, -0.15) is 14.6 Å². The second kappa shape index (κ2) is 3.87. The van der Waals surface area contributed by atoms with Crippen LogP contribution < -0.4 is 5.56 Å². The van der Waals surface area contributed by atoms with Gasteiger partial charge in [-0.25, -0.2) is 9.78 Å². The first-order chi connectivity index (χ1) is 9.09. The Balaban J connectivity index is 2.37. The zero-order valence-electron chi connectivity index (χ0n) is 9.89. The Morgan fingerprint density at radius 1 is 1.42 bits per heavy atom. The lowest BCUT2D eigenvalue weighted by molar-refractivity contribution is -0.140. The number of carbonyl (C=O) groups is 1. The number of aliphatic carboxylic acids is 1. The van der Waals surface area contributed by atoms with Gasteiger partial charge in [0.25, 0.3) is 11.3 Å². The summed E-state index contributed by atoms with van der Waals surface area (Å²) >= 11 is 0. The second-order valence-electron chi connectivity index (χ2n) is 4.07. The standard InChI is InChI=1S/C11H9N5O3/c1-6(10(18)19)15-3-2-8-7(9(15)17)4-12-11-13-5-14-16(8)11/h2-6H,1H3,(H,18,19)/t6-/m0/s1. The molecule has 0 aliphatic carbocycles. The summed E-state index contributed by atoms with van der Waals surface area (Å²) < 4.78 is 2.58. The third-order valence-electron chi connectivity index (χ3n) is 2.98. The molecule has 8 heteroatoms. The van der Waals surface area contributed by atoms with Crippen LogP contribution in [-0.4, -0.2) is 35.2 Å². The highest BCUT2D eigenvalue weighted by molar-refractivity contribution is 5.79. The first-order valence-electron chi connectivity index (χ1n) is 5.52. The van der Waals surface area contributed by atoms with Crippen molar-refractivity contribution in [1.29, 1.82) is 0 Å². The van der Waals surface area contributed by atoms with E-state index >= 15 is 0 Å². The van der Waals surface area contributed by atoms with Crippen LogP contribution in [0.3, 0.4) is 0 Å². The summed E-state index contributed by atoms with van der Waals surface area (Å²) in [6.07, 6.45) is 4.16. The predicted molar refractivity (Wildman–Crippen MR) is 64.9 cm³/mol. The van der Waals surface area contributed by atoms with Crippen LogP contribution in [0, 0.1) is 0 Å². The van der Waals surface area contributed by atoms with Gasteiger partial charge in [-0.05, 0) is 13.0 Å². The van der Waals surface area contributed by atoms with Crippen LogP contribution in [0.2, 0.25) is 0 Å². The monoisotopic (exact) mass is 259 g/mol. The maximum Gasteiger partial charge on any atom is 0.326 e. The molecule has 0 aliphatic heterocycles. The fraction of sp³-hybridized carbons (Fsp3) is 0.182. The molecule has 0 radical (unpaired) electrons. The molecule has 96 valence electrons. The van der Waals surface area contributed by atoms with Gasteiger partial charge < -0.3 is 9.67 Å². The average Bonchev–Trinajstić information content (AvgIpc) is 2.86. The normalized spacial score (nSPS) is 12.9. The molecule has 1 atom stereocenters. The van der Waals surface area contributed by atoms with E-state index in [9.17, 15) is 9.59 Å². The van der Waals surface area contributed by atoms with Crippen molar-refractivity contribution >= 4 is 22.6 Å². The van der Waals surface area contributed by atoms with Crippen LogP contribution in [0.25, 0.3) is 16.7 Å². The summed E-state index contributed by atoms with van der Waals surface area (Å²) in [4.78, 5) is 31.1. The quantitative estimate of drug-likeness (QED) is 0.699. The number of aromatic nitrogens is 5. The minimum atomic E-state index is -1.07. The van der Waals surface area contributed by atoms with E-state index < -0.39 is 17.6 Å². The lowest BCUT2D eigenvalue weighted by atomic mass is 10.2. The minimum Gasteiger partial charge on any atom is -0.480 e. The van der Waals surface area contributed by atoms with Gasteiger partial charge in [-0.1, -0.05) is 0 Å². The van der Waals surface area contributed by atoms with Gasteiger partial charge in [0, 0.05) is 12.4 Å². The van der Waals surface area contributed by atoms with Crippen LogP contribution in [0.15, 0.2) is 29.6 Å². The van der Waals surface area contributed by atoms with Crippen LogP contribution in [-0.2, 0) is 4.79 Å². The lowest BCUT2D eigenvalue weighted by Crippen LogP contribution is -2.28. The van der Waals surface area contributed by atoms with Crippen LogP contribution in [0.5, 0.6) is 0 Å². The number of hydrogen-bond acceptors (Lipinski definition) is 5. The van der Waals surface area contributed by atoms with Crippen molar-refractivity contribution < 1.29 is 9.90 Å². The topological polar surface area (TPSA) is 102 Å². The van der Waals surface area contributed by atoms with Crippen molar-refractivity contribution in [2.24, 2.45) is 0 Å². The van der Waals surface area contributed by atoms with Crippen LogP contribution in [0.1, 0.15) is 13.0 Å². The Labute approximate surface area is 106 Å². The zero-order valence-corrected chi connectivity index (χ0v) is 9.89. The molecule has 3 heterocycles. The van der Waals surface area contributed by atoms with E-state index in [1.165, 1.54) is 30.2 Å². The van der Waals surface area contributed by atoms with Crippen molar-refractivity contribution in [3.05, 3.63) is 35.1 Å². The fourth-order valence-corrected chi connectivity index (χ4v) is 1.90. The highest BCUT2D eigenvalue weighted by atomic mass is 16.4. The van der Waals surface area contributed by atoms with E-state index in [2.05, 4.69) is 15.1 Å². The third kappa shape index (κ3) is 1.57. The Morgan fingerprint density at radius 3 is 2.95 bits per heavy atom. The number of rotatable bonds is 2. The number of fused-ring (bicyclic) bond motifs is 3. The molecule has 3 aromatic rings. The van der Waals surface area contributed by atoms with Crippen molar-refractivity contribution in [2.45, 2.75) is 13.0 Å². The molecular weight excluding hydrogens is 250 g/mol. The number of nitrogens with zero attached hydrogens (tertiary/aromatic N) is 5. The number of hydrogen-bond donors (Lipinski definition) is 1. The average molecular weight is 259 g/mol. The molecule has 0 saturated carbocycles. The maximum atomic E-state index is 12.2. The number of pyridine rings is 1. The van der Waals surface area contributed by atoms with Crippen molar-refractivity contribution in [1.82, 2.24) is 24.1 Å². The molecule has 0 saturated heterocycles. The van der Waals surface area contributed by atoms with E-state index in [-0.39, 0.29) is 0 Å². The maximum absolute atomic E-state index is 12.2. The first-order valence-corrected chi connectivity index (χ1v) is 5.52. The van der Waals surface area contributed by atoms with Gasteiger partial charge in [0.15, 0.2) is 0 Å². The Hall–Kier alpha value is -2.77. The lowest BCUT2D eigenvalue weighted by Gasteiger charge is -2.11. The first kappa shape index (κ1) is 11.3. The summed E-state index contributed by atoms with van der Waals surface area (Å²) in [5.41, 5.74) is 0.124. The molecule has 0 spiro atoms. The van der Waals surface area contributed by atoms with E-state index in [0.717, 1.165) is 4.57 Å². The minimum absolute atomic E-state index is 0.300. The number of carboxylic acid groups (broad SMARTS) is 1. The fourth-order valence-electron chi connectivity index (χ4n) is 1.90. The third-order valence-corrected chi connectivity index (χ3v) is 2.98. The summed E-state index contributed by atoms with van der Waals surface area (Å²) in [5, 5.41) is 13.2. The molecule has 3 aromatic heterocycles. The summed E-state index contributed by atoms with van der Waals surface area (Å²) in [5.74, 6) is -0.688. The highest BCUT2D eigenvalue weighted by Crippen LogP contribution is 2.11. The molecule has 1 N–H and O–H groups in total. The summed E-state index contributed by atoms with van der Waals surface area (Å²) in [7, 11) is 0. The summed E-state index contributed by atoms with van der Waals surface area (Å²) in [6.45, 7) is 1.44. The van der Waals surface area contributed by atoms with E-state index in [0.29, 0.717) is 16.7 Å². The van der Waals surface area contributed by atoms with Gasteiger partial charge in [0.2, 0.25) is 0 Å². The molecule has 19 heavy (non-hydrogen) atoms. The van der Waals surface area contributed by atoms with Gasteiger partial charge in [-0.15, -0.1) is 0 Å². The molecule has 0 fully saturated rings. The second-order valence-corrected chi connectivity index (χ2v) is 4.07. The molecule has 0 amide bonds. The highest BCUT2D eigenvalue weighted by Gasteiger charge is 2.16. The molecule has 3 rings (SSSR count). The largest absolute Gasteiger partial charge is 0.480 e. The molecule has 8 nitrogen and oxygen atoms in total. The van der Waals surface area contributed by atoms with E-state index in [1.54, 1.807) is 6.07 Å². The van der Waals surface area contributed by atoms with Gasteiger partial charge in [-0.3, -0.25) is 4.79 Å². The zero-order chi connectivity index (χ0) is 13.6. The smallest absolute Gasteiger partial charge is 0.326 e. The molecular formula is C11H9N5O3. The molecule has 0 aliphatic rings. The van der Waals surface area contributed by atoms with Gasteiger partial charge >= 0.3 is 5.97 Å². The Kier molecular flexibility index (Phi) is 2.31. The van der Waals surface area contributed by atoms with Gasteiger partial charge in [0.05, 0.1) is 10.9 Å². The predicted octanol–water partition coefficient (Wildman–Crippen LogP) is 0.0848. The van der Waals surface area contributed by atoms with E-state index in [4.69, 9.17) is 5.11 Å². The number of carboxylic acids is 1. The molecule has 0 unspecified atom stereocenters. The Bertz CT molecular complexity index is 850. The van der Waals surface area contributed by atoms with Crippen molar-refractivity contribution in [2.75, 3.05) is 0 Å². The Morgan fingerprint density at radius 2 is 2.21 bits per heavy atom.